The van der Waals surface area contributed by atoms with E-state index in [1.54, 1.807) is 12.4 Å². The van der Waals surface area contributed by atoms with Crippen molar-refractivity contribution in [1.29, 1.82) is 0 Å². The molecule has 6 nitrogen and oxygen atoms in total. The maximum Gasteiger partial charge on any atom is 0.253 e. The van der Waals surface area contributed by atoms with Crippen molar-refractivity contribution in [2.45, 2.75) is 37.6 Å². The predicted octanol–water partition coefficient (Wildman–Crippen LogP) is 0.642. The Kier molecular flexibility index (Phi) is 2.93. The lowest BCUT2D eigenvalue weighted by Crippen LogP contribution is -2.67. The Hall–Kier alpha value is -1.98. The minimum Gasteiger partial charge on any atom is -0.340 e. The molecule has 1 spiro atoms. The molecule has 100 valence electrons. The number of aromatic nitrogens is 2. The zero-order valence-corrected chi connectivity index (χ0v) is 10.6. The molecule has 2 amide bonds. The average molecular weight is 260 g/mol. The highest BCUT2D eigenvalue weighted by atomic mass is 16.2. The Balaban J connectivity index is 1.93. The van der Waals surface area contributed by atoms with Gasteiger partial charge in [0, 0.05) is 0 Å². The van der Waals surface area contributed by atoms with Crippen LogP contribution in [0.4, 0.5) is 5.69 Å². The summed E-state index contributed by atoms with van der Waals surface area (Å²) in [4.78, 5) is 34.0. The van der Waals surface area contributed by atoms with Gasteiger partial charge in [0.15, 0.2) is 0 Å². The second-order valence-electron chi connectivity index (χ2n) is 5.18. The standard InChI is InChI=1S/C13H16N4O2/c18-11-8-17(10-6-14-9-15-7-10)12(19)13(16-11)4-2-1-3-5-13/h6-7,9H,1-5,8H2,(H,16,18). The first-order valence-corrected chi connectivity index (χ1v) is 6.59. The van der Waals surface area contributed by atoms with E-state index < -0.39 is 5.54 Å². The molecule has 1 aromatic heterocycles. The van der Waals surface area contributed by atoms with Gasteiger partial charge < -0.3 is 5.32 Å². The van der Waals surface area contributed by atoms with E-state index in [1.165, 1.54) is 11.2 Å². The number of carbonyl (C=O) groups excluding carboxylic acids is 2. The molecule has 19 heavy (non-hydrogen) atoms. The summed E-state index contributed by atoms with van der Waals surface area (Å²) in [6, 6.07) is 0. The van der Waals surface area contributed by atoms with E-state index in [4.69, 9.17) is 0 Å². The van der Waals surface area contributed by atoms with Crippen molar-refractivity contribution in [2.24, 2.45) is 0 Å². The summed E-state index contributed by atoms with van der Waals surface area (Å²) in [5, 5.41) is 2.91. The summed E-state index contributed by atoms with van der Waals surface area (Å²) in [7, 11) is 0. The second kappa shape index (κ2) is 4.60. The first-order valence-electron chi connectivity index (χ1n) is 6.59. The number of carbonyl (C=O) groups is 2. The molecule has 2 aliphatic rings. The van der Waals surface area contributed by atoms with Crippen LogP contribution in [-0.2, 0) is 9.59 Å². The van der Waals surface area contributed by atoms with Crippen molar-refractivity contribution >= 4 is 17.5 Å². The lowest BCUT2D eigenvalue weighted by atomic mass is 9.79. The smallest absolute Gasteiger partial charge is 0.253 e. The summed E-state index contributed by atoms with van der Waals surface area (Å²) >= 11 is 0. The van der Waals surface area contributed by atoms with Crippen LogP contribution in [-0.4, -0.2) is 33.9 Å². The van der Waals surface area contributed by atoms with Crippen molar-refractivity contribution in [3.8, 4) is 0 Å². The van der Waals surface area contributed by atoms with Gasteiger partial charge >= 0.3 is 0 Å². The quantitative estimate of drug-likeness (QED) is 0.804. The summed E-state index contributed by atoms with van der Waals surface area (Å²) in [5.41, 5.74) is -0.115. The Morgan fingerprint density at radius 2 is 1.79 bits per heavy atom. The lowest BCUT2D eigenvalue weighted by Gasteiger charge is -2.43. The van der Waals surface area contributed by atoms with Gasteiger partial charge in [0.25, 0.3) is 5.91 Å². The third-order valence-electron chi connectivity index (χ3n) is 3.90. The van der Waals surface area contributed by atoms with Gasteiger partial charge in [-0.15, -0.1) is 0 Å². The Bertz CT molecular complexity index is 497. The summed E-state index contributed by atoms with van der Waals surface area (Å²) in [5.74, 6) is -0.132. The van der Waals surface area contributed by atoms with Gasteiger partial charge in [-0.2, -0.15) is 0 Å². The first kappa shape index (κ1) is 12.1. The van der Waals surface area contributed by atoms with E-state index in [2.05, 4.69) is 15.3 Å². The average Bonchev–Trinajstić information content (AvgIpc) is 2.45. The van der Waals surface area contributed by atoms with Crippen LogP contribution in [0.25, 0.3) is 0 Å². The molecule has 0 aromatic carbocycles. The molecule has 1 aromatic rings. The van der Waals surface area contributed by atoms with Crippen LogP contribution in [0.15, 0.2) is 18.7 Å². The maximum absolute atomic E-state index is 12.7. The van der Waals surface area contributed by atoms with Gasteiger partial charge in [0.1, 0.15) is 18.4 Å². The Morgan fingerprint density at radius 3 is 2.47 bits per heavy atom. The highest BCUT2D eigenvalue weighted by Crippen LogP contribution is 2.33. The highest BCUT2D eigenvalue weighted by molar-refractivity contribution is 6.09. The van der Waals surface area contributed by atoms with Crippen LogP contribution >= 0.6 is 0 Å². The molecule has 1 aliphatic carbocycles. The van der Waals surface area contributed by atoms with Gasteiger partial charge in [0.05, 0.1) is 18.1 Å². The first-order chi connectivity index (χ1) is 9.21. The molecule has 0 atom stereocenters. The minimum absolute atomic E-state index is 0.0263. The van der Waals surface area contributed by atoms with E-state index in [-0.39, 0.29) is 18.4 Å². The van der Waals surface area contributed by atoms with Crippen LogP contribution in [0.3, 0.4) is 0 Å². The van der Waals surface area contributed by atoms with Crippen LogP contribution in [0.5, 0.6) is 0 Å². The van der Waals surface area contributed by atoms with Crippen LogP contribution < -0.4 is 10.2 Å². The second-order valence-corrected chi connectivity index (χ2v) is 5.18. The Morgan fingerprint density at radius 1 is 1.11 bits per heavy atom. The maximum atomic E-state index is 12.7. The lowest BCUT2D eigenvalue weighted by molar-refractivity contribution is -0.137. The fourth-order valence-electron chi connectivity index (χ4n) is 2.97. The number of rotatable bonds is 1. The molecule has 1 saturated heterocycles. The van der Waals surface area contributed by atoms with E-state index in [1.807, 2.05) is 0 Å². The largest absolute Gasteiger partial charge is 0.340 e. The van der Waals surface area contributed by atoms with Gasteiger partial charge in [-0.1, -0.05) is 19.3 Å². The molecule has 1 N–H and O–H groups in total. The zero-order valence-electron chi connectivity index (χ0n) is 10.6. The van der Waals surface area contributed by atoms with Gasteiger partial charge in [-0.3, -0.25) is 14.5 Å². The van der Waals surface area contributed by atoms with E-state index in [0.717, 1.165) is 32.1 Å². The third-order valence-corrected chi connectivity index (χ3v) is 3.90. The molecule has 1 aliphatic heterocycles. The fourth-order valence-corrected chi connectivity index (χ4v) is 2.97. The molecule has 0 radical (unpaired) electrons. The number of nitrogens with one attached hydrogen (secondary N) is 1. The SMILES string of the molecule is O=C1CN(c2cncnc2)C(=O)C2(CCCCC2)N1. The summed E-state index contributed by atoms with van der Waals surface area (Å²) in [6.45, 7) is 0.0496. The topological polar surface area (TPSA) is 75.2 Å². The molecule has 2 fully saturated rings. The molecule has 2 heterocycles. The third kappa shape index (κ3) is 2.07. The zero-order chi connectivity index (χ0) is 13.3. The van der Waals surface area contributed by atoms with Gasteiger partial charge in [0.2, 0.25) is 5.91 Å². The van der Waals surface area contributed by atoms with Gasteiger partial charge in [-0.05, 0) is 12.8 Å². The molecule has 0 bridgehead atoms. The van der Waals surface area contributed by atoms with Crippen molar-refractivity contribution in [3.05, 3.63) is 18.7 Å². The summed E-state index contributed by atoms with van der Waals surface area (Å²) < 4.78 is 0. The minimum atomic E-state index is -0.705. The number of hydrogen-bond donors (Lipinski definition) is 1. The molecule has 3 rings (SSSR count). The normalized spacial score (nSPS) is 22.4. The van der Waals surface area contributed by atoms with Crippen molar-refractivity contribution in [1.82, 2.24) is 15.3 Å². The van der Waals surface area contributed by atoms with Crippen LogP contribution in [0.1, 0.15) is 32.1 Å². The van der Waals surface area contributed by atoms with Crippen molar-refractivity contribution in [3.63, 3.8) is 0 Å². The molecule has 6 heteroatoms. The Labute approximate surface area is 111 Å². The molecule has 1 saturated carbocycles. The number of nitrogens with zero attached hydrogens (tertiary/aromatic N) is 3. The van der Waals surface area contributed by atoms with E-state index in [9.17, 15) is 9.59 Å². The predicted molar refractivity (Wildman–Crippen MR) is 68.3 cm³/mol. The van der Waals surface area contributed by atoms with E-state index in [0.29, 0.717) is 5.69 Å². The number of anilines is 1. The van der Waals surface area contributed by atoms with Crippen LogP contribution in [0, 0.1) is 0 Å². The molecular formula is C13H16N4O2. The highest BCUT2D eigenvalue weighted by Gasteiger charge is 2.47. The van der Waals surface area contributed by atoms with E-state index >= 15 is 0 Å². The van der Waals surface area contributed by atoms with Crippen molar-refractivity contribution < 1.29 is 9.59 Å². The van der Waals surface area contributed by atoms with Crippen molar-refractivity contribution in [2.75, 3.05) is 11.4 Å². The number of hydrogen-bond acceptors (Lipinski definition) is 4. The number of piperazine rings is 1. The van der Waals surface area contributed by atoms with Gasteiger partial charge in [-0.25, -0.2) is 9.97 Å². The van der Waals surface area contributed by atoms with Crippen LogP contribution in [0.2, 0.25) is 0 Å². The monoisotopic (exact) mass is 260 g/mol. The summed E-state index contributed by atoms with van der Waals surface area (Å²) in [6.07, 6.45) is 9.08. The fraction of sp³-hybridized carbons (Fsp3) is 0.538. The molecule has 0 unspecified atom stereocenters. The molecular weight excluding hydrogens is 244 g/mol. The number of amides is 2.